The lowest BCUT2D eigenvalue weighted by Gasteiger charge is -2.08. The molecule has 1 aromatic heterocycles. The van der Waals surface area contributed by atoms with E-state index >= 15 is 0 Å². The molecule has 0 saturated carbocycles. The van der Waals surface area contributed by atoms with Gasteiger partial charge in [0.2, 0.25) is 0 Å². The summed E-state index contributed by atoms with van der Waals surface area (Å²) >= 11 is 5.72. The molecular formula is C12H13ClN2O2. The van der Waals surface area contributed by atoms with Crippen molar-refractivity contribution in [3.05, 3.63) is 30.1 Å². The molecule has 0 unspecified atom stereocenters. The largest absolute Gasteiger partial charge is 0.493 e. The number of nitrogens with one attached hydrogen (secondary N) is 1. The summed E-state index contributed by atoms with van der Waals surface area (Å²) in [7, 11) is 3.21. The van der Waals surface area contributed by atoms with E-state index in [1.54, 1.807) is 20.4 Å². The Balaban J connectivity index is 2.38. The molecule has 0 saturated heterocycles. The van der Waals surface area contributed by atoms with Crippen LogP contribution >= 0.6 is 11.6 Å². The minimum Gasteiger partial charge on any atom is -0.493 e. The van der Waals surface area contributed by atoms with Gasteiger partial charge in [-0.1, -0.05) is 0 Å². The summed E-state index contributed by atoms with van der Waals surface area (Å²) in [6.07, 6.45) is 1.72. The van der Waals surface area contributed by atoms with Gasteiger partial charge in [0.05, 0.1) is 20.1 Å². The van der Waals surface area contributed by atoms with Gasteiger partial charge in [-0.05, 0) is 18.2 Å². The van der Waals surface area contributed by atoms with Crippen LogP contribution in [0.2, 0.25) is 0 Å². The van der Waals surface area contributed by atoms with Crippen molar-refractivity contribution in [1.29, 1.82) is 0 Å². The Morgan fingerprint density at radius 3 is 2.59 bits per heavy atom. The number of H-pyrrole nitrogens is 1. The topological polar surface area (TPSA) is 47.1 Å². The molecule has 1 aromatic carbocycles. The van der Waals surface area contributed by atoms with Crippen LogP contribution in [0.15, 0.2) is 24.4 Å². The van der Waals surface area contributed by atoms with Crippen LogP contribution in [-0.2, 0) is 5.88 Å². The highest BCUT2D eigenvalue weighted by molar-refractivity contribution is 6.16. The van der Waals surface area contributed by atoms with Gasteiger partial charge >= 0.3 is 0 Å². The van der Waals surface area contributed by atoms with E-state index in [4.69, 9.17) is 21.1 Å². The zero-order valence-electron chi connectivity index (χ0n) is 9.66. The Kier molecular flexibility index (Phi) is 3.54. The quantitative estimate of drug-likeness (QED) is 0.852. The Labute approximate surface area is 105 Å². The highest BCUT2D eigenvalue weighted by Gasteiger charge is 2.08. The third-order valence-electron chi connectivity index (χ3n) is 2.43. The fourth-order valence-corrected chi connectivity index (χ4v) is 1.69. The zero-order chi connectivity index (χ0) is 12.3. The Hall–Kier alpha value is -1.68. The molecule has 0 radical (unpaired) electrons. The SMILES string of the molecule is COc1ccc(-c2ncc(CCl)[nH]2)cc1OC. The standard InChI is InChI=1S/C12H13ClN2O2/c1-16-10-4-3-8(5-11(10)17-2)12-14-7-9(6-13)15-12/h3-5,7H,6H2,1-2H3,(H,14,15). The van der Waals surface area contributed by atoms with Crippen LogP contribution in [0.4, 0.5) is 0 Å². The van der Waals surface area contributed by atoms with E-state index in [2.05, 4.69) is 9.97 Å². The van der Waals surface area contributed by atoms with Gasteiger partial charge in [-0.2, -0.15) is 0 Å². The number of halogens is 1. The number of rotatable bonds is 4. The third kappa shape index (κ3) is 2.36. The van der Waals surface area contributed by atoms with Gasteiger partial charge < -0.3 is 14.5 Å². The molecule has 4 nitrogen and oxygen atoms in total. The van der Waals surface area contributed by atoms with Gasteiger partial charge in [-0.25, -0.2) is 4.98 Å². The molecule has 0 aliphatic heterocycles. The summed E-state index contributed by atoms with van der Waals surface area (Å²) in [5, 5.41) is 0. The molecule has 0 amide bonds. The lowest BCUT2D eigenvalue weighted by molar-refractivity contribution is 0.355. The number of methoxy groups -OCH3 is 2. The highest BCUT2D eigenvalue weighted by atomic mass is 35.5. The Morgan fingerprint density at radius 2 is 2.00 bits per heavy atom. The monoisotopic (exact) mass is 252 g/mol. The van der Waals surface area contributed by atoms with Gasteiger partial charge in [0, 0.05) is 17.5 Å². The number of aromatic nitrogens is 2. The molecule has 0 aliphatic carbocycles. The molecule has 0 spiro atoms. The lowest BCUT2D eigenvalue weighted by Crippen LogP contribution is -1.91. The maximum atomic E-state index is 5.72. The second kappa shape index (κ2) is 5.10. The number of benzene rings is 1. The number of imidazole rings is 1. The van der Waals surface area contributed by atoms with E-state index in [0.717, 1.165) is 17.1 Å². The van der Waals surface area contributed by atoms with Crippen LogP contribution in [-0.4, -0.2) is 24.2 Å². The number of nitrogens with zero attached hydrogens (tertiary/aromatic N) is 1. The summed E-state index contributed by atoms with van der Waals surface area (Å²) in [5.41, 5.74) is 1.82. The van der Waals surface area contributed by atoms with Gasteiger partial charge in [0.1, 0.15) is 5.82 Å². The summed E-state index contributed by atoms with van der Waals surface area (Å²) in [6.45, 7) is 0. The van der Waals surface area contributed by atoms with Gasteiger partial charge in [-0.15, -0.1) is 11.6 Å². The summed E-state index contributed by atoms with van der Waals surface area (Å²) in [4.78, 5) is 7.38. The average molecular weight is 253 g/mol. The average Bonchev–Trinajstić information content (AvgIpc) is 2.86. The minimum atomic E-state index is 0.417. The zero-order valence-corrected chi connectivity index (χ0v) is 10.4. The first-order valence-electron chi connectivity index (χ1n) is 5.10. The molecule has 0 atom stereocenters. The second-order valence-corrected chi connectivity index (χ2v) is 3.73. The Morgan fingerprint density at radius 1 is 1.24 bits per heavy atom. The lowest BCUT2D eigenvalue weighted by atomic mass is 10.2. The first-order chi connectivity index (χ1) is 8.28. The molecule has 0 aliphatic rings. The van der Waals surface area contributed by atoms with Crippen molar-refractivity contribution >= 4 is 11.6 Å². The molecule has 5 heteroatoms. The van der Waals surface area contributed by atoms with Gasteiger partial charge in [0.15, 0.2) is 11.5 Å². The minimum absolute atomic E-state index is 0.417. The van der Waals surface area contributed by atoms with Crippen LogP contribution in [0.5, 0.6) is 11.5 Å². The highest BCUT2D eigenvalue weighted by Crippen LogP contribution is 2.31. The van der Waals surface area contributed by atoms with E-state index < -0.39 is 0 Å². The van der Waals surface area contributed by atoms with E-state index in [1.807, 2.05) is 18.2 Å². The number of alkyl halides is 1. The molecule has 1 heterocycles. The Bertz CT molecular complexity index is 511. The van der Waals surface area contributed by atoms with Crippen molar-refractivity contribution in [2.24, 2.45) is 0 Å². The molecule has 1 N–H and O–H groups in total. The molecule has 0 fully saturated rings. The van der Waals surface area contributed by atoms with E-state index in [1.165, 1.54) is 0 Å². The maximum Gasteiger partial charge on any atom is 0.161 e. The van der Waals surface area contributed by atoms with Crippen molar-refractivity contribution in [2.45, 2.75) is 5.88 Å². The predicted molar refractivity (Wildman–Crippen MR) is 66.7 cm³/mol. The maximum absolute atomic E-state index is 5.72. The smallest absolute Gasteiger partial charge is 0.161 e. The molecule has 2 aromatic rings. The van der Waals surface area contributed by atoms with Crippen LogP contribution < -0.4 is 9.47 Å². The van der Waals surface area contributed by atoms with Crippen molar-refractivity contribution in [2.75, 3.05) is 14.2 Å². The first kappa shape index (κ1) is 11.8. The van der Waals surface area contributed by atoms with E-state index in [-0.39, 0.29) is 0 Å². The van der Waals surface area contributed by atoms with E-state index in [9.17, 15) is 0 Å². The summed E-state index contributed by atoms with van der Waals surface area (Å²) in [6, 6.07) is 5.63. The molecular weight excluding hydrogens is 240 g/mol. The van der Waals surface area contributed by atoms with Crippen molar-refractivity contribution in [3.8, 4) is 22.9 Å². The number of ether oxygens (including phenoxy) is 2. The van der Waals surface area contributed by atoms with Crippen LogP contribution in [0.1, 0.15) is 5.69 Å². The molecule has 17 heavy (non-hydrogen) atoms. The van der Waals surface area contributed by atoms with Crippen molar-refractivity contribution < 1.29 is 9.47 Å². The van der Waals surface area contributed by atoms with Crippen LogP contribution in [0.25, 0.3) is 11.4 Å². The number of hydrogen-bond acceptors (Lipinski definition) is 3. The normalized spacial score (nSPS) is 10.3. The number of aromatic amines is 1. The van der Waals surface area contributed by atoms with Gasteiger partial charge in [-0.3, -0.25) is 0 Å². The fourth-order valence-electron chi connectivity index (χ4n) is 1.56. The summed E-state index contributed by atoms with van der Waals surface area (Å²) < 4.78 is 10.4. The summed E-state index contributed by atoms with van der Waals surface area (Å²) in [5.74, 6) is 2.55. The van der Waals surface area contributed by atoms with Crippen LogP contribution in [0, 0.1) is 0 Å². The second-order valence-electron chi connectivity index (χ2n) is 3.46. The molecule has 90 valence electrons. The molecule has 0 bridgehead atoms. The molecule has 2 rings (SSSR count). The third-order valence-corrected chi connectivity index (χ3v) is 2.72. The van der Waals surface area contributed by atoms with E-state index in [0.29, 0.717) is 17.4 Å². The predicted octanol–water partition coefficient (Wildman–Crippen LogP) is 2.83. The van der Waals surface area contributed by atoms with Crippen LogP contribution in [0.3, 0.4) is 0 Å². The number of hydrogen-bond donors (Lipinski definition) is 1. The van der Waals surface area contributed by atoms with Gasteiger partial charge in [0.25, 0.3) is 0 Å². The first-order valence-corrected chi connectivity index (χ1v) is 5.64. The fraction of sp³-hybridized carbons (Fsp3) is 0.250. The van der Waals surface area contributed by atoms with Crippen molar-refractivity contribution in [1.82, 2.24) is 9.97 Å². The van der Waals surface area contributed by atoms with Crippen molar-refractivity contribution in [3.63, 3.8) is 0 Å².